The maximum absolute atomic E-state index is 13.7. The lowest BCUT2D eigenvalue weighted by atomic mass is 9.98. The molecule has 4 heteroatoms. The lowest BCUT2D eigenvalue weighted by Gasteiger charge is -2.34. The monoisotopic (exact) mass is 484 g/mol. The Kier molecular flexibility index (Phi) is 9.46. The molecule has 3 aromatic carbocycles. The average Bonchev–Trinajstić information content (AvgIpc) is 2.85. The summed E-state index contributed by atoms with van der Waals surface area (Å²) in [7, 11) is 0. The normalized spacial score (nSPS) is 12.3. The molecule has 0 aromatic heterocycles. The van der Waals surface area contributed by atoms with E-state index in [1.807, 2.05) is 81.4 Å². The van der Waals surface area contributed by atoms with E-state index in [9.17, 15) is 9.59 Å². The Hall–Kier alpha value is -3.40. The lowest BCUT2D eigenvalue weighted by Crippen LogP contribution is -2.54. The van der Waals surface area contributed by atoms with Crippen LogP contribution in [0.3, 0.4) is 0 Å². The predicted molar refractivity (Wildman–Crippen MR) is 148 cm³/mol. The number of carbonyl (C=O) groups excluding carboxylic acids is 2. The van der Waals surface area contributed by atoms with E-state index in [4.69, 9.17) is 0 Å². The van der Waals surface area contributed by atoms with Crippen molar-refractivity contribution in [2.45, 2.75) is 77.9 Å². The summed E-state index contributed by atoms with van der Waals surface area (Å²) in [6, 6.07) is 27.7. The van der Waals surface area contributed by atoms with Crippen molar-refractivity contribution >= 4 is 11.8 Å². The number of carbonyl (C=O) groups is 2. The second kappa shape index (κ2) is 12.5. The van der Waals surface area contributed by atoms with Crippen molar-refractivity contribution in [2.24, 2.45) is 0 Å². The van der Waals surface area contributed by atoms with Gasteiger partial charge in [-0.05, 0) is 55.4 Å². The van der Waals surface area contributed by atoms with Crippen LogP contribution in [0.4, 0.5) is 0 Å². The van der Waals surface area contributed by atoms with Gasteiger partial charge in [-0.15, -0.1) is 0 Å². The SMILES string of the molecule is CC(C)c1ccc(CCC(=O)N(Cc2ccccc2)C(Cc2ccccc2)C(=O)NC(C)(C)C)cc1. The van der Waals surface area contributed by atoms with Crippen LogP contribution in [0.15, 0.2) is 84.9 Å². The molecule has 0 saturated heterocycles. The van der Waals surface area contributed by atoms with Crippen LogP contribution in [-0.2, 0) is 29.0 Å². The summed E-state index contributed by atoms with van der Waals surface area (Å²) in [4.78, 5) is 29.1. The van der Waals surface area contributed by atoms with Crippen LogP contribution in [0.1, 0.15) is 69.2 Å². The second-order valence-corrected chi connectivity index (χ2v) is 10.8. The van der Waals surface area contributed by atoms with Gasteiger partial charge in [0.05, 0.1) is 0 Å². The van der Waals surface area contributed by atoms with Crippen molar-refractivity contribution in [1.29, 1.82) is 0 Å². The van der Waals surface area contributed by atoms with Crippen molar-refractivity contribution in [3.63, 3.8) is 0 Å². The molecule has 4 nitrogen and oxygen atoms in total. The molecule has 2 amide bonds. The number of benzene rings is 3. The number of hydrogen-bond donors (Lipinski definition) is 1. The third kappa shape index (κ3) is 8.37. The maximum atomic E-state index is 13.7. The summed E-state index contributed by atoms with van der Waals surface area (Å²) in [6.07, 6.45) is 1.45. The molecule has 0 aliphatic heterocycles. The first kappa shape index (κ1) is 27.2. The Balaban J connectivity index is 1.87. The van der Waals surface area contributed by atoms with Crippen molar-refractivity contribution in [3.8, 4) is 0 Å². The van der Waals surface area contributed by atoms with Gasteiger partial charge in [0.1, 0.15) is 6.04 Å². The van der Waals surface area contributed by atoms with Crippen LogP contribution in [0, 0.1) is 0 Å². The van der Waals surface area contributed by atoms with Gasteiger partial charge < -0.3 is 10.2 Å². The van der Waals surface area contributed by atoms with E-state index >= 15 is 0 Å². The number of aryl methyl sites for hydroxylation is 1. The van der Waals surface area contributed by atoms with E-state index in [0.29, 0.717) is 31.7 Å². The first-order valence-corrected chi connectivity index (χ1v) is 12.9. The Bertz CT molecular complexity index is 1100. The molecule has 1 unspecified atom stereocenters. The van der Waals surface area contributed by atoms with E-state index in [2.05, 4.69) is 43.4 Å². The number of nitrogens with one attached hydrogen (secondary N) is 1. The van der Waals surface area contributed by atoms with Gasteiger partial charge in [-0.25, -0.2) is 0 Å². The van der Waals surface area contributed by atoms with Crippen molar-refractivity contribution in [3.05, 3.63) is 107 Å². The molecule has 0 heterocycles. The highest BCUT2D eigenvalue weighted by Crippen LogP contribution is 2.19. The number of rotatable bonds is 10. The number of amides is 2. The van der Waals surface area contributed by atoms with Crippen LogP contribution in [0.5, 0.6) is 0 Å². The molecule has 36 heavy (non-hydrogen) atoms. The van der Waals surface area contributed by atoms with Gasteiger partial charge in [-0.1, -0.05) is 98.8 Å². The molecule has 0 saturated carbocycles. The molecule has 3 rings (SSSR count). The first-order valence-electron chi connectivity index (χ1n) is 12.9. The molecular weight excluding hydrogens is 444 g/mol. The van der Waals surface area contributed by atoms with Crippen LogP contribution in [0.25, 0.3) is 0 Å². The second-order valence-electron chi connectivity index (χ2n) is 10.8. The van der Waals surface area contributed by atoms with Crippen molar-refractivity contribution < 1.29 is 9.59 Å². The molecule has 3 aromatic rings. The van der Waals surface area contributed by atoms with E-state index in [1.165, 1.54) is 5.56 Å². The van der Waals surface area contributed by atoms with Crippen LogP contribution in [0.2, 0.25) is 0 Å². The minimum atomic E-state index is -0.609. The highest BCUT2D eigenvalue weighted by molar-refractivity contribution is 5.88. The van der Waals surface area contributed by atoms with Gasteiger partial charge in [-0.2, -0.15) is 0 Å². The zero-order valence-electron chi connectivity index (χ0n) is 22.3. The highest BCUT2D eigenvalue weighted by atomic mass is 16.2. The zero-order valence-corrected chi connectivity index (χ0v) is 22.3. The van der Waals surface area contributed by atoms with Crippen molar-refractivity contribution in [1.82, 2.24) is 10.2 Å². The molecule has 0 aliphatic carbocycles. The molecule has 0 aliphatic rings. The minimum absolute atomic E-state index is 0.0169. The van der Waals surface area contributed by atoms with Crippen molar-refractivity contribution in [2.75, 3.05) is 0 Å². The molecule has 0 bridgehead atoms. The maximum Gasteiger partial charge on any atom is 0.243 e. The topological polar surface area (TPSA) is 49.4 Å². The quantitative estimate of drug-likeness (QED) is 0.367. The summed E-state index contributed by atoms with van der Waals surface area (Å²) in [5.74, 6) is 0.329. The zero-order chi connectivity index (χ0) is 26.1. The fraction of sp³-hybridized carbons (Fsp3) is 0.375. The van der Waals surface area contributed by atoms with Crippen LogP contribution < -0.4 is 5.32 Å². The summed E-state index contributed by atoms with van der Waals surface area (Å²) in [5, 5.41) is 3.12. The molecule has 1 atom stereocenters. The average molecular weight is 485 g/mol. The Labute approximate surface area is 216 Å². The molecular formula is C32H40N2O2. The minimum Gasteiger partial charge on any atom is -0.350 e. The molecule has 0 radical (unpaired) electrons. The molecule has 0 fully saturated rings. The van der Waals surface area contributed by atoms with Gasteiger partial charge in [0, 0.05) is 24.9 Å². The summed E-state index contributed by atoms with van der Waals surface area (Å²) in [6.45, 7) is 10.6. The highest BCUT2D eigenvalue weighted by Gasteiger charge is 2.32. The molecule has 1 N–H and O–H groups in total. The number of nitrogens with zero attached hydrogens (tertiary/aromatic N) is 1. The first-order chi connectivity index (χ1) is 17.1. The molecule has 0 spiro atoms. The smallest absolute Gasteiger partial charge is 0.243 e. The Morgan fingerprint density at radius 3 is 1.86 bits per heavy atom. The van der Waals surface area contributed by atoms with E-state index in [0.717, 1.165) is 16.7 Å². The van der Waals surface area contributed by atoms with E-state index in [-0.39, 0.29) is 11.8 Å². The third-order valence-electron chi connectivity index (χ3n) is 6.24. The summed E-state index contributed by atoms with van der Waals surface area (Å²) >= 11 is 0. The standard InChI is InChI=1S/C32H40N2O2/c1-24(2)28-19-16-25(17-20-28)18-21-30(35)34(23-27-14-10-7-11-15-27)29(31(36)33-32(3,4)5)22-26-12-8-6-9-13-26/h6-17,19-20,24,29H,18,21-23H2,1-5H3,(H,33,36). The van der Waals surface area contributed by atoms with Crippen LogP contribution >= 0.6 is 0 Å². The van der Waals surface area contributed by atoms with E-state index in [1.54, 1.807) is 4.90 Å². The summed E-state index contributed by atoms with van der Waals surface area (Å²) in [5.41, 5.74) is 4.06. The molecule has 190 valence electrons. The number of hydrogen-bond acceptors (Lipinski definition) is 2. The van der Waals surface area contributed by atoms with Gasteiger partial charge in [0.25, 0.3) is 0 Å². The lowest BCUT2D eigenvalue weighted by molar-refractivity contribution is -0.141. The van der Waals surface area contributed by atoms with Crippen LogP contribution in [-0.4, -0.2) is 28.3 Å². The Morgan fingerprint density at radius 1 is 0.778 bits per heavy atom. The largest absolute Gasteiger partial charge is 0.350 e. The predicted octanol–water partition coefficient (Wildman–Crippen LogP) is 6.30. The van der Waals surface area contributed by atoms with E-state index < -0.39 is 11.6 Å². The summed E-state index contributed by atoms with van der Waals surface area (Å²) < 4.78 is 0. The van der Waals surface area contributed by atoms with Gasteiger partial charge in [-0.3, -0.25) is 9.59 Å². The van der Waals surface area contributed by atoms with Gasteiger partial charge in [0.2, 0.25) is 11.8 Å². The fourth-order valence-electron chi connectivity index (χ4n) is 4.25. The van der Waals surface area contributed by atoms with Gasteiger partial charge in [0.15, 0.2) is 0 Å². The fourth-order valence-corrected chi connectivity index (χ4v) is 4.25. The third-order valence-corrected chi connectivity index (χ3v) is 6.24. The Morgan fingerprint density at radius 2 is 1.33 bits per heavy atom. The van der Waals surface area contributed by atoms with Gasteiger partial charge >= 0.3 is 0 Å².